The molecule has 0 saturated heterocycles. The molecule has 0 unspecified atom stereocenters. The normalized spacial score (nSPS) is 47.3. The Morgan fingerprint density at radius 2 is 2.04 bits per heavy atom. The number of amides is 1. The number of carbonyl (C=O) groups excluding carboxylic acids is 2. The molecule has 3 fully saturated rings. The van der Waals surface area contributed by atoms with E-state index in [-0.39, 0.29) is 34.7 Å². The highest BCUT2D eigenvalue weighted by molar-refractivity contribution is 5.89. The van der Waals surface area contributed by atoms with Gasteiger partial charge in [-0.3, -0.25) is 9.59 Å². The van der Waals surface area contributed by atoms with Crippen LogP contribution in [0, 0.1) is 34.5 Å². The van der Waals surface area contributed by atoms with Gasteiger partial charge in [0, 0.05) is 18.5 Å². The Morgan fingerprint density at radius 1 is 1.29 bits per heavy atom. The van der Waals surface area contributed by atoms with Crippen LogP contribution < -0.4 is 0 Å². The van der Waals surface area contributed by atoms with Gasteiger partial charge in [0.2, 0.25) is 5.91 Å². The van der Waals surface area contributed by atoms with Crippen LogP contribution in [0.25, 0.3) is 0 Å². The first kappa shape index (κ1) is 19.9. The van der Waals surface area contributed by atoms with Gasteiger partial charge in [-0.1, -0.05) is 19.9 Å². The van der Waals surface area contributed by atoms with Gasteiger partial charge in [-0.2, -0.15) is 0 Å². The molecule has 0 aromatic rings. The summed E-state index contributed by atoms with van der Waals surface area (Å²) in [5.41, 5.74) is -0.0985. The van der Waals surface area contributed by atoms with Crippen molar-refractivity contribution >= 4 is 11.9 Å². The number of ether oxygens (including phenoxy) is 1. The van der Waals surface area contributed by atoms with Crippen molar-refractivity contribution in [3.05, 3.63) is 12.2 Å². The number of nitrogens with zero attached hydrogens (tertiary/aromatic N) is 1. The van der Waals surface area contributed by atoms with Crippen LogP contribution in [-0.4, -0.2) is 47.7 Å². The number of fused-ring (bicyclic) bond motifs is 5. The molecule has 1 amide bonds. The lowest BCUT2D eigenvalue weighted by Gasteiger charge is -2.60. The van der Waals surface area contributed by atoms with Crippen molar-refractivity contribution in [2.75, 3.05) is 13.7 Å². The molecule has 0 bridgehead atoms. The maximum atomic E-state index is 12.2. The molecule has 3 saturated carbocycles. The lowest BCUT2D eigenvalue weighted by Crippen LogP contribution is -2.59. The third-order valence-corrected chi connectivity index (χ3v) is 8.98. The fourth-order valence-electron chi connectivity index (χ4n) is 7.52. The Morgan fingerprint density at radius 3 is 2.75 bits per heavy atom. The minimum Gasteiger partial charge on any atom is -0.466 e. The molecule has 28 heavy (non-hydrogen) atoms. The fraction of sp³-hybridized carbons (Fsp3) is 0.826. The summed E-state index contributed by atoms with van der Waals surface area (Å²) in [6.07, 6.45) is 8.96. The minimum atomic E-state index is -0.431. The van der Waals surface area contributed by atoms with E-state index in [4.69, 9.17) is 4.74 Å². The van der Waals surface area contributed by atoms with Crippen molar-refractivity contribution in [3.8, 4) is 0 Å². The molecule has 5 nitrogen and oxygen atoms in total. The number of hydrogen-bond donors (Lipinski definition) is 1. The van der Waals surface area contributed by atoms with Crippen molar-refractivity contribution < 1.29 is 19.4 Å². The predicted octanol–water partition coefficient (Wildman–Crippen LogP) is 3.17. The topological polar surface area (TPSA) is 66.8 Å². The second kappa shape index (κ2) is 6.86. The number of aliphatic hydroxyl groups is 1. The average molecular weight is 390 g/mol. The number of aliphatic hydroxyl groups excluding tert-OH is 1. The maximum Gasteiger partial charge on any atom is 0.306 e. The zero-order valence-electron chi connectivity index (χ0n) is 17.7. The van der Waals surface area contributed by atoms with E-state index in [2.05, 4.69) is 19.9 Å². The number of likely N-dealkylation sites (N-methyl/N-ethyl adjacent to an activating group) is 1. The van der Waals surface area contributed by atoms with Crippen molar-refractivity contribution in [3.63, 3.8) is 0 Å². The highest BCUT2D eigenvalue weighted by Crippen LogP contribution is 2.65. The lowest BCUT2D eigenvalue weighted by atomic mass is 9.48. The molecule has 0 aromatic carbocycles. The van der Waals surface area contributed by atoms with Gasteiger partial charge in [-0.25, -0.2) is 0 Å². The summed E-state index contributed by atoms with van der Waals surface area (Å²) >= 11 is 0. The van der Waals surface area contributed by atoms with Crippen molar-refractivity contribution in [2.24, 2.45) is 34.5 Å². The van der Waals surface area contributed by atoms with E-state index < -0.39 is 6.10 Å². The summed E-state index contributed by atoms with van der Waals surface area (Å²) in [7, 11) is 1.94. The minimum absolute atomic E-state index is 0.00415. The molecule has 0 spiro atoms. The predicted molar refractivity (Wildman–Crippen MR) is 106 cm³/mol. The largest absolute Gasteiger partial charge is 0.466 e. The molecular weight excluding hydrogens is 354 g/mol. The molecule has 1 N–H and O–H groups in total. The first-order chi connectivity index (χ1) is 13.2. The van der Waals surface area contributed by atoms with E-state index in [1.807, 2.05) is 18.9 Å². The fourth-order valence-corrected chi connectivity index (χ4v) is 7.52. The highest BCUT2D eigenvalue weighted by Gasteiger charge is 2.62. The number of hydrogen-bond acceptors (Lipinski definition) is 4. The van der Waals surface area contributed by atoms with Crippen LogP contribution in [-0.2, 0) is 14.3 Å². The van der Waals surface area contributed by atoms with E-state index in [1.165, 1.54) is 0 Å². The van der Waals surface area contributed by atoms with Crippen LogP contribution in [0.1, 0.15) is 59.3 Å². The van der Waals surface area contributed by atoms with Crippen LogP contribution in [0.4, 0.5) is 0 Å². The van der Waals surface area contributed by atoms with Gasteiger partial charge in [0.15, 0.2) is 0 Å². The first-order valence-electron chi connectivity index (χ1n) is 11.0. The van der Waals surface area contributed by atoms with E-state index >= 15 is 0 Å². The standard InChI is InChI=1S/C23H35NO4/c1-5-28-20(26)13-14-12-17-15-6-7-18-22(2,11-9-19(25)24(18)4)16(15)8-10-23(17,3)21(14)27/h9,11,14-18,21,27H,5-8,10,12-13H2,1-4H3/t14-,15+,16-,17-,18+,21-,22+,23-/m0/s1. The first-order valence-corrected chi connectivity index (χ1v) is 11.0. The van der Waals surface area contributed by atoms with E-state index in [9.17, 15) is 14.7 Å². The van der Waals surface area contributed by atoms with E-state index in [1.54, 1.807) is 6.08 Å². The summed E-state index contributed by atoms with van der Waals surface area (Å²) in [4.78, 5) is 26.2. The Bertz CT molecular complexity index is 690. The number of rotatable bonds is 3. The van der Waals surface area contributed by atoms with Crippen LogP contribution in [0.15, 0.2) is 12.2 Å². The zero-order valence-corrected chi connectivity index (χ0v) is 17.7. The van der Waals surface area contributed by atoms with E-state index in [0.717, 1.165) is 32.1 Å². The smallest absolute Gasteiger partial charge is 0.306 e. The zero-order chi connectivity index (χ0) is 20.3. The summed E-state index contributed by atoms with van der Waals surface area (Å²) in [5.74, 6) is 1.46. The van der Waals surface area contributed by atoms with Crippen molar-refractivity contribution in [1.29, 1.82) is 0 Å². The number of carbonyl (C=O) groups is 2. The second-order valence-corrected chi connectivity index (χ2v) is 10.1. The molecule has 0 radical (unpaired) electrons. The molecule has 8 atom stereocenters. The van der Waals surface area contributed by atoms with Crippen LogP contribution in [0.2, 0.25) is 0 Å². The molecule has 5 heteroatoms. The highest BCUT2D eigenvalue weighted by atomic mass is 16.5. The van der Waals surface area contributed by atoms with Gasteiger partial charge >= 0.3 is 5.97 Å². The third kappa shape index (κ3) is 2.76. The summed E-state index contributed by atoms with van der Waals surface area (Å²) in [5, 5.41) is 11.1. The van der Waals surface area contributed by atoms with Crippen molar-refractivity contribution in [1.82, 2.24) is 4.90 Å². The number of esters is 1. The molecule has 4 rings (SSSR count). The molecule has 0 aromatic heterocycles. The van der Waals surface area contributed by atoms with Gasteiger partial charge in [-0.15, -0.1) is 0 Å². The monoisotopic (exact) mass is 389 g/mol. The van der Waals surface area contributed by atoms with E-state index in [0.29, 0.717) is 30.8 Å². The summed E-state index contributed by atoms with van der Waals surface area (Å²) < 4.78 is 5.16. The van der Waals surface area contributed by atoms with Crippen LogP contribution >= 0.6 is 0 Å². The maximum absolute atomic E-state index is 12.2. The molecule has 156 valence electrons. The molecule has 1 heterocycles. The van der Waals surface area contributed by atoms with Gasteiger partial charge < -0.3 is 14.7 Å². The Labute approximate surface area is 168 Å². The second-order valence-electron chi connectivity index (χ2n) is 10.1. The average Bonchev–Trinajstić information content (AvgIpc) is 2.90. The molecule has 3 aliphatic carbocycles. The SMILES string of the molecule is CCOC(=O)C[C@@H]1C[C@H]2[C@@H]3CC[C@H]4N(C)C(=O)C=C[C@]4(C)[C@H]3CC[C@]2(C)[C@H]1O. The quantitative estimate of drug-likeness (QED) is 0.753. The van der Waals surface area contributed by atoms with Gasteiger partial charge in [0.05, 0.1) is 19.1 Å². The molecule has 1 aliphatic heterocycles. The van der Waals surface area contributed by atoms with Gasteiger partial charge in [-0.05, 0) is 74.2 Å². The lowest BCUT2D eigenvalue weighted by molar-refractivity contribution is -0.146. The molecule has 4 aliphatic rings. The van der Waals surface area contributed by atoms with Gasteiger partial charge in [0.1, 0.15) is 0 Å². The van der Waals surface area contributed by atoms with Crippen LogP contribution in [0.5, 0.6) is 0 Å². The Hall–Kier alpha value is -1.36. The Balaban J connectivity index is 1.59. The van der Waals surface area contributed by atoms with Crippen LogP contribution in [0.3, 0.4) is 0 Å². The van der Waals surface area contributed by atoms with Gasteiger partial charge in [0.25, 0.3) is 0 Å². The Kier molecular flexibility index (Phi) is 4.88. The van der Waals surface area contributed by atoms with Crippen molar-refractivity contribution in [2.45, 2.75) is 71.4 Å². The summed E-state index contributed by atoms with van der Waals surface area (Å²) in [6.45, 7) is 6.79. The molecular formula is C23H35NO4. The summed E-state index contributed by atoms with van der Waals surface area (Å²) in [6, 6.07) is 0.275. The third-order valence-electron chi connectivity index (χ3n) is 8.98.